The van der Waals surface area contributed by atoms with Crippen LogP contribution in [-0.4, -0.2) is 11.1 Å². The molecule has 0 atom stereocenters. The molecule has 0 heterocycles. The minimum absolute atomic E-state index is 0.437. The van der Waals surface area contributed by atoms with Crippen molar-refractivity contribution in [2.24, 2.45) is 0 Å². The number of carbonyl (C=O) groups is 1. The zero-order valence-electron chi connectivity index (χ0n) is 17.3. The number of rotatable bonds is 7. The number of aromatic carboxylic acids is 1. The Hall–Kier alpha value is -3.39. The van der Waals surface area contributed by atoms with E-state index >= 15 is 0 Å². The minimum atomic E-state index is -0.844. The Bertz CT molecular complexity index is 1160. The number of hydrogen-bond donors (Lipinski definition) is 1. The SMILES string of the molecule is CCCc1c(C(=O)O)cc2cccc(Cc3ccccc3)c2c1Cc1ccccc1. The number of hydrogen-bond acceptors (Lipinski definition) is 1. The Kier molecular flexibility index (Phi) is 5.94. The molecule has 0 spiro atoms. The van der Waals surface area contributed by atoms with E-state index in [0.29, 0.717) is 5.56 Å². The van der Waals surface area contributed by atoms with Crippen molar-refractivity contribution in [1.82, 2.24) is 0 Å². The van der Waals surface area contributed by atoms with Gasteiger partial charge in [-0.1, -0.05) is 92.2 Å². The summed E-state index contributed by atoms with van der Waals surface area (Å²) in [6.45, 7) is 2.11. The molecule has 0 aromatic heterocycles. The summed E-state index contributed by atoms with van der Waals surface area (Å²) in [5.74, 6) is -0.844. The van der Waals surface area contributed by atoms with Gasteiger partial charge < -0.3 is 5.11 Å². The first-order valence-electron chi connectivity index (χ1n) is 10.5. The summed E-state index contributed by atoms with van der Waals surface area (Å²) in [7, 11) is 0. The number of benzene rings is 4. The second-order valence-corrected chi connectivity index (χ2v) is 7.78. The maximum Gasteiger partial charge on any atom is 0.335 e. The van der Waals surface area contributed by atoms with Gasteiger partial charge in [0.15, 0.2) is 0 Å². The lowest BCUT2D eigenvalue weighted by Gasteiger charge is -2.19. The smallest absolute Gasteiger partial charge is 0.335 e. The largest absolute Gasteiger partial charge is 0.478 e. The molecule has 0 saturated heterocycles. The number of carboxylic acids is 1. The van der Waals surface area contributed by atoms with Crippen LogP contribution in [0.5, 0.6) is 0 Å². The van der Waals surface area contributed by atoms with E-state index in [1.165, 1.54) is 22.1 Å². The van der Waals surface area contributed by atoms with Gasteiger partial charge in [0.05, 0.1) is 5.56 Å². The Morgan fingerprint density at radius 2 is 1.40 bits per heavy atom. The van der Waals surface area contributed by atoms with Crippen molar-refractivity contribution in [2.45, 2.75) is 32.6 Å². The summed E-state index contributed by atoms with van der Waals surface area (Å²) in [6, 6.07) is 28.9. The van der Waals surface area contributed by atoms with Gasteiger partial charge in [-0.25, -0.2) is 4.79 Å². The van der Waals surface area contributed by atoms with Crippen LogP contribution in [0.25, 0.3) is 10.8 Å². The van der Waals surface area contributed by atoms with Crippen molar-refractivity contribution in [2.75, 3.05) is 0 Å². The summed E-state index contributed by atoms with van der Waals surface area (Å²) < 4.78 is 0. The molecule has 4 rings (SSSR count). The van der Waals surface area contributed by atoms with Gasteiger partial charge in [0.2, 0.25) is 0 Å². The lowest BCUT2D eigenvalue weighted by molar-refractivity contribution is 0.0695. The van der Waals surface area contributed by atoms with E-state index in [0.717, 1.165) is 42.2 Å². The van der Waals surface area contributed by atoms with Gasteiger partial charge in [0.1, 0.15) is 0 Å². The number of fused-ring (bicyclic) bond motifs is 1. The van der Waals surface area contributed by atoms with Crippen molar-refractivity contribution in [3.63, 3.8) is 0 Å². The summed E-state index contributed by atoms with van der Waals surface area (Å²) in [5.41, 5.74) is 6.28. The second-order valence-electron chi connectivity index (χ2n) is 7.78. The highest BCUT2D eigenvalue weighted by molar-refractivity contribution is 5.99. The molecule has 0 saturated carbocycles. The average molecular weight is 395 g/mol. The topological polar surface area (TPSA) is 37.3 Å². The summed E-state index contributed by atoms with van der Waals surface area (Å²) in [4.78, 5) is 12.1. The van der Waals surface area contributed by atoms with Gasteiger partial charge >= 0.3 is 5.97 Å². The zero-order valence-corrected chi connectivity index (χ0v) is 17.3. The molecule has 1 N–H and O–H groups in total. The molecule has 0 bridgehead atoms. The molecule has 2 nitrogen and oxygen atoms in total. The third kappa shape index (κ3) is 4.13. The number of carboxylic acid groups (broad SMARTS) is 1. The van der Waals surface area contributed by atoms with Crippen molar-refractivity contribution < 1.29 is 9.90 Å². The van der Waals surface area contributed by atoms with Gasteiger partial charge in [-0.2, -0.15) is 0 Å². The van der Waals surface area contributed by atoms with Crippen LogP contribution in [0.3, 0.4) is 0 Å². The van der Waals surface area contributed by atoms with E-state index in [1.54, 1.807) is 0 Å². The van der Waals surface area contributed by atoms with Crippen LogP contribution >= 0.6 is 0 Å². The van der Waals surface area contributed by atoms with Gasteiger partial charge in [0.25, 0.3) is 0 Å². The first-order chi connectivity index (χ1) is 14.7. The van der Waals surface area contributed by atoms with Crippen LogP contribution < -0.4 is 0 Å². The van der Waals surface area contributed by atoms with Crippen LogP contribution in [0, 0.1) is 0 Å². The molecule has 0 unspecified atom stereocenters. The normalized spacial score (nSPS) is 11.0. The standard InChI is InChI=1S/C28H26O2/c1-2-10-24-25(18-21-13-7-4-8-14-21)27-22(17-20-11-5-3-6-12-20)15-9-16-23(27)19-26(24)28(29)30/h3-9,11-16,19H,2,10,17-18H2,1H3,(H,29,30). The van der Waals surface area contributed by atoms with E-state index in [1.807, 2.05) is 42.5 Å². The molecule has 0 aliphatic carbocycles. The van der Waals surface area contributed by atoms with E-state index in [-0.39, 0.29) is 0 Å². The maximum absolute atomic E-state index is 12.1. The Balaban J connectivity index is 1.97. The third-order valence-corrected chi connectivity index (χ3v) is 5.67. The third-order valence-electron chi connectivity index (χ3n) is 5.67. The Morgan fingerprint density at radius 3 is 2.00 bits per heavy atom. The predicted octanol–water partition coefficient (Wildman–Crippen LogP) is 6.67. The fourth-order valence-electron chi connectivity index (χ4n) is 4.35. The average Bonchev–Trinajstić information content (AvgIpc) is 2.76. The van der Waals surface area contributed by atoms with Crippen molar-refractivity contribution >= 4 is 16.7 Å². The molecule has 2 heteroatoms. The van der Waals surface area contributed by atoms with Crippen LogP contribution in [0.4, 0.5) is 0 Å². The molecule has 4 aromatic rings. The lowest BCUT2D eigenvalue weighted by atomic mass is 9.85. The van der Waals surface area contributed by atoms with E-state index in [2.05, 4.69) is 49.4 Å². The highest BCUT2D eigenvalue weighted by atomic mass is 16.4. The van der Waals surface area contributed by atoms with Gasteiger partial charge in [-0.15, -0.1) is 0 Å². The summed E-state index contributed by atoms with van der Waals surface area (Å²) >= 11 is 0. The fourth-order valence-corrected chi connectivity index (χ4v) is 4.35. The highest BCUT2D eigenvalue weighted by Crippen LogP contribution is 2.33. The molecular weight excluding hydrogens is 368 g/mol. The summed E-state index contributed by atoms with van der Waals surface area (Å²) in [6.07, 6.45) is 3.24. The maximum atomic E-state index is 12.1. The monoisotopic (exact) mass is 394 g/mol. The van der Waals surface area contributed by atoms with Crippen molar-refractivity contribution in [3.8, 4) is 0 Å². The van der Waals surface area contributed by atoms with E-state index in [4.69, 9.17) is 0 Å². The Labute approximate surface area is 177 Å². The molecule has 0 fully saturated rings. The molecule has 0 aliphatic rings. The fraction of sp³-hybridized carbons (Fsp3) is 0.179. The molecule has 0 amide bonds. The van der Waals surface area contributed by atoms with Gasteiger partial charge in [-0.3, -0.25) is 0 Å². The second kappa shape index (κ2) is 8.96. The van der Waals surface area contributed by atoms with Crippen LogP contribution in [0.2, 0.25) is 0 Å². The molecular formula is C28H26O2. The molecule has 0 radical (unpaired) electrons. The molecule has 0 aliphatic heterocycles. The first kappa shape index (κ1) is 19.9. The van der Waals surface area contributed by atoms with Gasteiger partial charge in [-0.05, 0) is 63.9 Å². The molecule has 150 valence electrons. The zero-order chi connectivity index (χ0) is 20.9. The lowest BCUT2D eigenvalue weighted by Crippen LogP contribution is -2.09. The van der Waals surface area contributed by atoms with Crippen LogP contribution in [0.15, 0.2) is 84.9 Å². The van der Waals surface area contributed by atoms with Crippen LogP contribution in [0.1, 0.15) is 51.5 Å². The van der Waals surface area contributed by atoms with Crippen molar-refractivity contribution in [3.05, 3.63) is 118 Å². The minimum Gasteiger partial charge on any atom is -0.478 e. The Morgan fingerprint density at radius 1 is 0.767 bits per heavy atom. The van der Waals surface area contributed by atoms with E-state index in [9.17, 15) is 9.90 Å². The van der Waals surface area contributed by atoms with Crippen molar-refractivity contribution in [1.29, 1.82) is 0 Å². The predicted molar refractivity (Wildman–Crippen MR) is 123 cm³/mol. The quantitative estimate of drug-likeness (QED) is 0.380. The first-order valence-corrected chi connectivity index (χ1v) is 10.5. The molecule has 4 aromatic carbocycles. The van der Waals surface area contributed by atoms with Crippen LogP contribution in [-0.2, 0) is 19.3 Å². The molecule has 30 heavy (non-hydrogen) atoms. The van der Waals surface area contributed by atoms with Gasteiger partial charge in [0, 0.05) is 0 Å². The van der Waals surface area contributed by atoms with E-state index < -0.39 is 5.97 Å². The summed E-state index contributed by atoms with van der Waals surface area (Å²) in [5, 5.41) is 12.2. The highest BCUT2D eigenvalue weighted by Gasteiger charge is 2.19.